The Morgan fingerprint density at radius 3 is 2.31 bits per heavy atom. The van der Waals surface area contributed by atoms with Crippen LogP contribution in [0.3, 0.4) is 0 Å². The maximum atomic E-state index is 16.9. The molecule has 0 radical (unpaired) electrons. The second kappa shape index (κ2) is 21.2. The van der Waals surface area contributed by atoms with E-state index in [1.54, 1.807) is 19.2 Å². The molecule has 13 heteroatoms. The SMILES string of the molecule is C=C1CCN(c2nn(C)c3c(F)c(C4CCN(CC5CN(C(=C)C6CCC(NCC7(c8ccccc8)Cc8cc(F)c(Cl)c(-c9c(C(=C)N)ccc(CCCCC)c9F)c8C7C)CC6)C5)CC4)c(F)cc23)C(=C)N1. The molecule has 4 heterocycles. The monoisotopic (exact) mass is 1030 g/mol. The molecular formula is C61H73ClF4N8. The van der Waals surface area contributed by atoms with E-state index in [1.165, 1.54) is 16.4 Å². The molecule has 0 bridgehead atoms. The van der Waals surface area contributed by atoms with Crippen LogP contribution in [0.25, 0.3) is 27.7 Å². The number of nitrogens with one attached hydrogen (secondary N) is 2. The van der Waals surface area contributed by atoms with E-state index in [1.807, 2.05) is 17.0 Å². The summed E-state index contributed by atoms with van der Waals surface area (Å²) in [6.45, 7) is 26.8. The van der Waals surface area contributed by atoms with E-state index in [9.17, 15) is 0 Å². The molecule has 2 unspecified atom stereocenters. The normalized spacial score (nSPS) is 22.8. The Morgan fingerprint density at radius 2 is 1.62 bits per heavy atom. The van der Waals surface area contributed by atoms with Crippen molar-refractivity contribution in [2.75, 3.05) is 50.7 Å². The number of piperidine rings is 1. The van der Waals surface area contributed by atoms with Gasteiger partial charge in [-0.1, -0.05) is 107 Å². The van der Waals surface area contributed by atoms with Gasteiger partial charge < -0.3 is 31.1 Å². The summed E-state index contributed by atoms with van der Waals surface area (Å²) >= 11 is 6.97. The lowest BCUT2D eigenvalue weighted by Gasteiger charge is -2.47. The fourth-order valence-electron chi connectivity index (χ4n) is 13.5. The summed E-state index contributed by atoms with van der Waals surface area (Å²) in [4.78, 5) is 6.79. The minimum atomic E-state index is -0.562. The second-order valence-electron chi connectivity index (χ2n) is 22.3. The summed E-state index contributed by atoms with van der Waals surface area (Å²) in [6.07, 6.45) is 10.2. The van der Waals surface area contributed by atoms with Crippen LogP contribution in [-0.2, 0) is 25.3 Å². The Kier molecular flexibility index (Phi) is 14.9. The van der Waals surface area contributed by atoms with Crippen LogP contribution >= 0.6 is 11.6 Å². The molecular weight excluding hydrogens is 956 g/mol. The summed E-state index contributed by atoms with van der Waals surface area (Å²) in [5.41, 5.74) is 13.2. The number of halogens is 5. The molecule has 3 aliphatic heterocycles. The van der Waals surface area contributed by atoms with Gasteiger partial charge in [-0.2, -0.15) is 5.10 Å². The molecule has 3 saturated heterocycles. The lowest BCUT2D eigenvalue weighted by molar-refractivity contribution is 0.0720. The Bertz CT molecular complexity index is 2980. The van der Waals surface area contributed by atoms with E-state index in [0.29, 0.717) is 102 Å². The fourth-order valence-corrected chi connectivity index (χ4v) is 13.7. The van der Waals surface area contributed by atoms with Gasteiger partial charge in [-0.05, 0) is 123 Å². The van der Waals surface area contributed by atoms with Crippen molar-refractivity contribution in [3.8, 4) is 11.1 Å². The zero-order chi connectivity index (χ0) is 52.2. The van der Waals surface area contributed by atoms with Gasteiger partial charge in [0.05, 0.1) is 10.4 Å². The molecule has 5 aliphatic rings. The first-order chi connectivity index (χ1) is 35.6. The van der Waals surface area contributed by atoms with Gasteiger partial charge in [0.1, 0.15) is 28.8 Å². The van der Waals surface area contributed by atoms with Gasteiger partial charge in [-0.15, -0.1) is 0 Å². The molecule has 4 N–H and O–H groups in total. The highest BCUT2D eigenvalue weighted by Gasteiger charge is 2.48. The molecule has 4 fully saturated rings. The van der Waals surface area contributed by atoms with Crippen LogP contribution < -0.4 is 21.3 Å². The number of nitrogens with two attached hydrogens (primary N) is 1. The zero-order valence-corrected chi connectivity index (χ0v) is 44.3. The summed E-state index contributed by atoms with van der Waals surface area (Å²) < 4.78 is 66.9. The maximum Gasteiger partial charge on any atom is 0.164 e. The minimum Gasteiger partial charge on any atom is -0.399 e. The molecule has 5 aromatic rings. The quantitative estimate of drug-likeness (QED) is 0.0671. The zero-order valence-electron chi connectivity index (χ0n) is 43.5. The van der Waals surface area contributed by atoms with Crippen LogP contribution in [0.1, 0.15) is 123 Å². The molecule has 2 atom stereocenters. The molecule has 10 rings (SSSR count). The number of likely N-dealkylation sites (tertiary alicyclic amines) is 2. The van der Waals surface area contributed by atoms with Crippen LogP contribution in [-0.4, -0.2) is 71.4 Å². The number of hydrogen-bond donors (Lipinski definition) is 3. The standard InChI is InChI=1S/C61H73ClF4N8/c1-8-9-11-14-44-19-22-48(38(4)67)54(57(44)65)55-52-37(3)61(46-15-12-10-13-16-46,31-45(52)29-51(64)56(55)62)35-68-47-20-17-42(18-21-47)39(5)73-33-41(34-73)32-72-26-24-43(25-27-72)53-50(63)30-49-59(58(53)66)71(7)70-60(49)74-28-23-36(2)69-40(74)6/h10,12-13,15-16,19,22,29-30,37,41-43,47,68-69H,2,4-6,8-9,11,14,17-18,20-21,23-28,31-35,67H2,1,3,7H3. The van der Waals surface area contributed by atoms with Crippen molar-refractivity contribution in [3.63, 3.8) is 0 Å². The van der Waals surface area contributed by atoms with Crippen molar-refractivity contribution in [1.82, 2.24) is 30.2 Å². The largest absolute Gasteiger partial charge is 0.399 e. The van der Waals surface area contributed by atoms with Crippen LogP contribution in [0, 0.1) is 35.1 Å². The molecule has 392 valence electrons. The molecule has 1 saturated carbocycles. The summed E-state index contributed by atoms with van der Waals surface area (Å²) in [5.74, 6) is -0.288. The number of unbranched alkanes of at least 4 members (excludes halogenated alkanes) is 2. The number of aromatic nitrogens is 2. The van der Waals surface area contributed by atoms with Crippen LogP contribution in [0.15, 0.2) is 98.1 Å². The lowest BCUT2D eigenvalue weighted by atomic mass is 9.70. The topological polar surface area (TPSA) is 77.6 Å². The minimum absolute atomic E-state index is 0.0844. The summed E-state index contributed by atoms with van der Waals surface area (Å²) in [6, 6.07) is 17.4. The first kappa shape index (κ1) is 51.9. The first-order valence-corrected chi connectivity index (χ1v) is 27.4. The molecule has 2 aliphatic carbocycles. The maximum absolute atomic E-state index is 16.9. The second-order valence-corrected chi connectivity index (χ2v) is 22.6. The van der Waals surface area contributed by atoms with Gasteiger partial charge in [0, 0.05) is 103 Å². The van der Waals surface area contributed by atoms with Gasteiger partial charge in [0.2, 0.25) is 0 Å². The third-order valence-electron chi connectivity index (χ3n) is 17.7. The van der Waals surface area contributed by atoms with E-state index < -0.39 is 28.7 Å². The highest BCUT2D eigenvalue weighted by Crippen LogP contribution is 2.55. The molecule has 0 spiro atoms. The smallest absolute Gasteiger partial charge is 0.164 e. The highest BCUT2D eigenvalue weighted by atomic mass is 35.5. The molecule has 8 nitrogen and oxygen atoms in total. The Hall–Kier alpha value is -5.56. The number of rotatable bonds is 16. The van der Waals surface area contributed by atoms with E-state index in [4.69, 9.17) is 17.3 Å². The predicted octanol–water partition coefficient (Wildman–Crippen LogP) is 13.0. The lowest BCUT2D eigenvalue weighted by Crippen LogP contribution is -2.52. The van der Waals surface area contributed by atoms with Gasteiger partial charge in [-0.25, -0.2) is 17.6 Å². The number of nitrogens with zero attached hydrogens (tertiary/aromatic N) is 5. The van der Waals surface area contributed by atoms with Crippen molar-refractivity contribution < 1.29 is 17.6 Å². The van der Waals surface area contributed by atoms with Crippen molar-refractivity contribution >= 4 is 34.0 Å². The van der Waals surface area contributed by atoms with Crippen molar-refractivity contribution in [2.24, 2.45) is 24.6 Å². The third-order valence-corrected chi connectivity index (χ3v) is 18.1. The van der Waals surface area contributed by atoms with E-state index in [0.717, 1.165) is 100 Å². The number of allylic oxidation sites excluding steroid dienone is 1. The van der Waals surface area contributed by atoms with Gasteiger partial charge in [0.25, 0.3) is 0 Å². The average molecular weight is 1030 g/mol. The van der Waals surface area contributed by atoms with E-state index in [-0.39, 0.29) is 33.7 Å². The van der Waals surface area contributed by atoms with Gasteiger partial charge in [0.15, 0.2) is 11.6 Å². The van der Waals surface area contributed by atoms with Gasteiger partial charge >= 0.3 is 0 Å². The molecule has 1 aromatic heterocycles. The third kappa shape index (κ3) is 9.57. The van der Waals surface area contributed by atoms with Crippen molar-refractivity contribution in [3.05, 3.63) is 160 Å². The number of anilines is 1. The number of fused-ring (bicyclic) bond motifs is 2. The fraction of sp³-hybridized carbons (Fsp3) is 0.459. The first-order valence-electron chi connectivity index (χ1n) is 27.1. The predicted molar refractivity (Wildman–Crippen MR) is 294 cm³/mol. The summed E-state index contributed by atoms with van der Waals surface area (Å²) in [7, 11) is 1.71. The Labute approximate surface area is 440 Å². The average Bonchev–Trinajstić information content (AvgIpc) is 3.87. The molecule has 74 heavy (non-hydrogen) atoms. The molecule has 4 aromatic carbocycles. The van der Waals surface area contributed by atoms with Crippen molar-refractivity contribution in [1.29, 1.82) is 0 Å². The Balaban J connectivity index is 0.748. The van der Waals surface area contributed by atoms with Crippen LogP contribution in [0.2, 0.25) is 5.02 Å². The van der Waals surface area contributed by atoms with Gasteiger partial charge in [-0.3, -0.25) is 4.68 Å². The van der Waals surface area contributed by atoms with Crippen LogP contribution in [0.5, 0.6) is 0 Å². The Morgan fingerprint density at radius 1 is 0.892 bits per heavy atom. The summed E-state index contributed by atoms with van der Waals surface area (Å²) in [5, 5.41) is 12.1. The number of aryl methyl sites for hydroxylation is 2. The van der Waals surface area contributed by atoms with Crippen molar-refractivity contribution in [2.45, 2.75) is 114 Å². The van der Waals surface area contributed by atoms with Crippen LogP contribution in [0.4, 0.5) is 23.4 Å². The van der Waals surface area contributed by atoms with E-state index >= 15 is 17.6 Å². The number of hydrogen-bond acceptors (Lipinski definition) is 7. The number of benzene rings is 4. The van der Waals surface area contributed by atoms with E-state index in [2.05, 4.69) is 90.0 Å². The molecule has 0 amide bonds. The highest BCUT2D eigenvalue weighted by molar-refractivity contribution is 6.34.